The minimum absolute atomic E-state index is 0.0327. The Morgan fingerprint density at radius 1 is 1.17 bits per heavy atom. The van der Waals surface area contributed by atoms with Crippen LogP contribution in [0, 0.1) is 0 Å². The number of methoxy groups -OCH3 is 1. The van der Waals surface area contributed by atoms with Crippen molar-refractivity contribution < 1.29 is 29.0 Å². The fraction of sp³-hybridized carbons (Fsp3) is 0.400. The maximum absolute atomic E-state index is 11.9. The number of carbonyl (C=O) groups excluding carboxylic acids is 3. The van der Waals surface area contributed by atoms with Crippen LogP contribution < -0.4 is 10.6 Å². The summed E-state index contributed by atoms with van der Waals surface area (Å²) in [5, 5.41) is 13.7. The standard InChI is InChI=1S/C15H20N2O6/c1-10(14(20)22-2)16-13(19)12(8-18)17-15(21)23-9-11-6-4-3-5-7-11/h3-7,10,12,18H,8-9H2,1-2H3,(H,16,19)(H,17,21)/t10?,12-/m0/s1. The van der Waals surface area contributed by atoms with Crippen LogP contribution in [0.25, 0.3) is 0 Å². The molecule has 1 rings (SSSR count). The fourth-order valence-electron chi connectivity index (χ4n) is 1.65. The number of amides is 2. The molecule has 8 nitrogen and oxygen atoms in total. The molecule has 2 atom stereocenters. The van der Waals surface area contributed by atoms with E-state index < -0.39 is 36.7 Å². The van der Waals surface area contributed by atoms with Gasteiger partial charge in [-0.2, -0.15) is 0 Å². The van der Waals surface area contributed by atoms with Crippen LogP contribution in [0.15, 0.2) is 30.3 Å². The largest absolute Gasteiger partial charge is 0.467 e. The molecule has 0 fully saturated rings. The second-order valence-electron chi connectivity index (χ2n) is 4.69. The monoisotopic (exact) mass is 324 g/mol. The highest BCUT2D eigenvalue weighted by Crippen LogP contribution is 2.01. The summed E-state index contributed by atoms with van der Waals surface area (Å²) < 4.78 is 9.42. The van der Waals surface area contributed by atoms with Crippen LogP contribution >= 0.6 is 0 Å². The topological polar surface area (TPSA) is 114 Å². The molecule has 126 valence electrons. The van der Waals surface area contributed by atoms with Crippen molar-refractivity contribution in [1.82, 2.24) is 10.6 Å². The molecule has 0 bridgehead atoms. The van der Waals surface area contributed by atoms with Gasteiger partial charge in [-0.15, -0.1) is 0 Å². The van der Waals surface area contributed by atoms with Crippen LogP contribution in [0.4, 0.5) is 4.79 Å². The number of ether oxygens (including phenoxy) is 2. The molecule has 8 heteroatoms. The number of nitrogens with one attached hydrogen (secondary N) is 2. The molecule has 0 aliphatic rings. The second-order valence-corrected chi connectivity index (χ2v) is 4.69. The first kappa shape index (κ1) is 18.4. The molecule has 3 N–H and O–H groups in total. The summed E-state index contributed by atoms with van der Waals surface area (Å²) >= 11 is 0. The average Bonchev–Trinajstić information content (AvgIpc) is 2.57. The van der Waals surface area contributed by atoms with Crippen LogP contribution in [0.2, 0.25) is 0 Å². The molecule has 1 aromatic rings. The third-order valence-electron chi connectivity index (χ3n) is 2.92. The molecule has 0 radical (unpaired) electrons. The Balaban J connectivity index is 2.46. The van der Waals surface area contributed by atoms with Crippen LogP contribution in [0.1, 0.15) is 12.5 Å². The number of rotatable bonds is 7. The lowest BCUT2D eigenvalue weighted by Gasteiger charge is -2.18. The van der Waals surface area contributed by atoms with Gasteiger partial charge in [0.1, 0.15) is 18.7 Å². The van der Waals surface area contributed by atoms with Crippen molar-refractivity contribution in [3.05, 3.63) is 35.9 Å². The minimum Gasteiger partial charge on any atom is -0.467 e. The molecule has 0 aliphatic carbocycles. The first-order valence-electron chi connectivity index (χ1n) is 6.94. The third kappa shape index (κ3) is 6.35. The molecular formula is C15H20N2O6. The predicted molar refractivity (Wildman–Crippen MR) is 80.3 cm³/mol. The summed E-state index contributed by atoms with van der Waals surface area (Å²) in [5.41, 5.74) is 0.784. The summed E-state index contributed by atoms with van der Waals surface area (Å²) in [5.74, 6) is -1.36. The van der Waals surface area contributed by atoms with Gasteiger partial charge in [0.15, 0.2) is 0 Å². The zero-order valence-corrected chi connectivity index (χ0v) is 12.9. The Morgan fingerprint density at radius 3 is 2.39 bits per heavy atom. The molecule has 1 unspecified atom stereocenters. The van der Waals surface area contributed by atoms with Crippen molar-refractivity contribution in [3.63, 3.8) is 0 Å². The Kier molecular flexibility index (Phi) is 7.55. The van der Waals surface area contributed by atoms with E-state index in [-0.39, 0.29) is 6.61 Å². The Hall–Kier alpha value is -2.61. The zero-order chi connectivity index (χ0) is 17.2. The van der Waals surface area contributed by atoms with Crippen LogP contribution in [0.5, 0.6) is 0 Å². The van der Waals surface area contributed by atoms with Crippen molar-refractivity contribution in [2.75, 3.05) is 13.7 Å². The number of carbonyl (C=O) groups is 3. The van der Waals surface area contributed by atoms with E-state index in [9.17, 15) is 19.5 Å². The van der Waals surface area contributed by atoms with Gasteiger partial charge >= 0.3 is 12.1 Å². The van der Waals surface area contributed by atoms with Crippen molar-refractivity contribution in [1.29, 1.82) is 0 Å². The Labute approximate surface area is 133 Å². The van der Waals surface area contributed by atoms with Crippen molar-refractivity contribution >= 4 is 18.0 Å². The van der Waals surface area contributed by atoms with Crippen molar-refractivity contribution in [2.45, 2.75) is 25.6 Å². The summed E-state index contributed by atoms with van der Waals surface area (Å²) in [6, 6.07) is 6.86. The zero-order valence-electron chi connectivity index (χ0n) is 12.9. The van der Waals surface area contributed by atoms with Gasteiger partial charge in [0, 0.05) is 0 Å². The molecule has 23 heavy (non-hydrogen) atoms. The SMILES string of the molecule is COC(=O)C(C)NC(=O)[C@H](CO)NC(=O)OCc1ccccc1. The lowest BCUT2D eigenvalue weighted by atomic mass is 10.2. The lowest BCUT2D eigenvalue weighted by Crippen LogP contribution is -2.52. The van der Waals surface area contributed by atoms with E-state index in [0.717, 1.165) is 5.56 Å². The van der Waals surface area contributed by atoms with Gasteiger partial charge in [-0.3, -0.25) is 4.79 Å². The molecule has 2 amide bonds. The highest BCUT2D eigenvalue weighted by atomic mass is 16.5. The Morgan fingerprint density at radius 2 is 1.83 bits per heavy atom. The maximum atomic E-state index is 11.9. The first-order chi connectivity index (χ1) is 11.0. The van der Waals surface area contributed by atoms with Crippen molar-refractivity contribution in [2.24, 2.45) is 0 Å². The quantitative estimate of drug-likeness (QED) is 0.606. The number of esters is 1. The Bertz CT molecular complexity index is 534. The number of hydrogen-bond acceptors (Lipinski definition) is 6. The van der Waals surface area contributed by atoms with Gasteiger partial charge in [0.2, 0.25) is 5.91 Å². The lowest BCUT2D eigenvalue weighted by molar-refractivity contribution is -0.144. The van der Waals surface area contributed by atoms with Crippen LogP contribution in [-0.4, -0.2) is 48.9 Å². The smallest absolute Gasteiger partial charge is 0.408 e. The molecular weight excluding hydrogens is 304 g/mol. The van der Waals surface area contributed by atoms with Crippen LogP contribution in [-0.2, 0) is 25.7 Å². The minimum atomic E-state index is -1.23. The molecule has 0 saturated heterocycles. The second kappa shape index (κ2) is 9.42. The number of benzene rings is 1. The molecule has 1 aromatic carbocycles. The van der Waals surface area contributed by atoms with Gasteiger partial charge < -0.3 is 25.2 Å². The van der Waals surface area contributed by atoms with Gasteiger partial charge in [-0.25, -0.2) is 9.59 Å². The summed E-state index contributed by atoms with van der Waals surface area (Å²) in [6.45, 7) is 0.817. The van der Waals surface area contributed by atoms with Gasteiger partial charge in [-0.1, -0.05) is 30.3 Å². The predicted octanol–water partition coefficient (Wildman–Crippen LogP) is -0.0486. The number of aliphatic hydroxyl groups is 1. The summed E-state index contributed by atoms with van der Waals surface area (Å²) in [7, 11) is 1.19. The van der Waals surface area contributed by atoms with Crippen molar-refractivity contribution in [3.8, 4) is 0 Å². The molecule has 0 heterocycles. The normalized spacial score (nSPS) is 12.7. The fourth-order valence-corrected chi connectivity index (χ4v) is 1.65. The molecule has 0 aromatic heterocycles. The van der Waals surface area contributed by atoms with E-state index in [1.165, 1.54) is 14.0 Å². The van der Waals surface area contributed by atoms with E-state index in [1.54, 1.807) is 24.3 Å². The molecule has 0 saturated carbocycles. The van der Waals surface area contributed by atoms with E-state index in [1.807, 2.05) is 6.07 Å². The number of alkyl carbamates (subject to hydrolysis) is 1. The maximum Gasteiger partial charge on any atom is 0.408 e. The number of hydrogen-bond donors (Lipinski definition) is 3. The molecule has 0 aliphatic heterocycles. The summed E-state index contributed by atoms with van der Waals surface area (Å²) in [4.78, 5) is 34.7. The first-order valence-corrected chi connectivity index (χ1v) is 6.94. The highest BCUT2D eigenvalue weighted by molar-refractivity contribution is 5.89. The molecule has 0 spiro atoms. The van der Waals surface area contributed by atoms with E-state index in [2.05, 4.69) is 15.4 Å². The van der Waals surface area contributed by atoms with E-state index in [4.69, 9.17) is 4.74 Å². The number of aliphatic hydroxyl groups excluding tert-OH is 1. The summed E-state index contributed by atoms with van der Waals surface area (Å²) in [6.07, 6.45) is -0.853. The third-order valence-corrected chi connectivity index (χ3v) is 2.92. The van der Waals surface area contributed by atoms with Gasteiger partial charge in [0.25, 0.3) is 0 Å². The van der Waals surface area contributed by atoms with E-state index in [0.29, 0.717) is 0 Å². The van der Waals surface area contributed by atoms with E-state index >= 15 is 0 Å². The average molecular weight is 324 g/mol. The highest BCUT2D eigenvalue weighted by Gasteiger charge is 2.24. The van der Waals surface area contributed by atoms with Gasteiger partial charge in [-0.05, 0) is 12.5 Å². The van der Waals surface area contributed by atoms with Crippen LogP contribution in [0.3, 0.4) is 0 Å². The van der Waals surface area contributed by atoms with Gasteiger partial charge in [0.05, 0.1) is 13.7 Å².